The molecule has 0 aromatic heterocycles. The molecule has 0 aliphatic rings. The number of nitrogens with two attached hydrogens (primary N) is 1. The second-order valence-corrected chi connectivity index (χ2v) is 3.62. The predicted octanol–water partition coefficient (Wildman–Crippen LogP) is 1.90. The Hall–Kier alpha value is -2.31. The third-order valence-electron chi connectivity index (χ3n) is 2.17. The van der Waals surface area contributed by atoms with E-state index in [1.165, 1.54) is 0 Å². The summed E-state index contributed by atoms with van der Waals surface area (Å²) >= 11 is 0. The zero-order valence-electron chi connectivity index (χ0n) is 9.66. The van der Waals surface area contributed by atoms with E-state index in [1.807, 2.05) is 0 Å². The lowest BCUT2D eigenvalue weighted by atomic mass is 10.1. The second kappa shape index (κ2) is 5.55. The van der Waals surface area contributed by atoms with E-state index >= 15 is 0 Å². The normalized spacial score (nSPS) is 10.9. The molecule has 0 aliphatic carbocycles. The smallest absolute Gasteiger partial charge is 0.416 e. The fourth-order valence-corrected chi connectivity index (χ4v) is 1.10. The molecule has 1 amide bonds. The third kappa shape index (κ3) is 4.13. The van der Waals surface area contributed by atoms with Crippen molar-refractivity contribution in [1.82, 2.24) is 0 Å². The fourth-order valence-electron chi connectivity index (χ4n) is 1.10. The molecular formula is C12H10F3NO3. The molecular weight excluding hydrogens is 263 g/mol. The van der Waals surface area contributed by atoms with Gasteiger partial charge in [0.2, 0.25) is 5.91 Å². The average Bonchev–Trinajstić information content (AvgIpc) is 2.34. The molecule has 1 rings (SSSR count). The van der Waals surface area contributed by atoms with Crippen LogP contribution in [0.15, 0.2) is 36.4 Å². The van der Waals surface area contributed by atoms with Gasteiger partial charge in [0.1, 0.15) is 6.61 Å². The van der Waals surface area contributed by atoms with Crippen molar-refractivity contribution < 1.29 is 27.5 Å². The molecule has 2 N–H and O–H groups in total. The van der Waals surface area contributed by atoms with Gasteiger partial charge in [-0.3, -0.25) is 4.79 Å². The number of rotatable bonds is 4. The van der Waals surface area contributed by atoms with Gasteiger partial charge >= 0.3 is 12.1 Å². The number of alkyl halides is 3. The molecule has 4 nitrogen and oxygen atoms in total. The summed E-state index contributed by atoms with van der Waals surface area (Å²) in [6.07, 6.45) is -4.47. The van der Waals surface area contributed by atoms with Crippen LogP contribution in [0.3, 0.4) is 0 Å². The van der Waals surface area contributed by atoms with Gasteiger partial charge < -0.3 is 10.5 Å². The highest BCUT2D eigenvalue weighted by atomic mass is 19.4. The van der Waals surface area contributed by atoms with Gasteiger partial charge in [0.05, 0.1) is 11.1 Å². The van der Waals surface area contributed by atoms with Crippen molar-refractivity contribution >= 4 is 11.9 Å². The number of carbonyl (C=O) groups is 2. The van der Waals surface area contributed by atoms with Gasteiger partial charge in [0, 0.05) is 5.57 Å². The van der Waals surface area contributed by atoms with Crippen molar-refractivity contribution in [3.63, 3.8) is 0 Å². The topological polar surface area (TPSA) is 69.4 Å². The van der Waals surface area contributed by atoms with E-state index in [9.17, 15) is 22.8 Å². The van der Waals surface area contributed by atoms with Gasteiger partial charge in [0.15, 0.2) is 0 Å². The zero-order valence-corrected chi connectivity index (χ0v) is 9.66. The Morgan fingerprint density at radius 1 is 1.21 bits per heavy atom. The van der Waals surface area contributed by atoms with Crippen LogP contribution in [-0.2, 0) is 15.7 Å². The number of primary amides is 1. The minimum Gasteiger partial charge on any atom is -0.457 e. The highest BCUT2D eigenvalue weighted by Crippen LogP contribution is 2.29. The van der Waals surface area contributed by atoms with E-state index in [0.717, 1.165) is 24.3 Å². The molecule has 0 aliphatic heterocycles. The lowest BCUT2D eigenvalue weighted by Crippen LogP contribution is -2.18. The van der Waals surface area contributed by atoms with Crippen molar-refractivity contribution in [2.75, 3.05) is 6.61 Å². The summed E-state index contributed by atoms with van der Waals surface area (Å²) in [6, 6.07) is 3.50. The maximum absolute atomic E-state index is 12.3. The van der Waals surface area contributed by atoms with Crippen LogP contribution in [0.4, 0.5) is 13.2 Å². The molecule has 1 aromatic carbocycles. The maximum Gasteiger partial charge on any atom is 0.416 e. The Balaban J connectivity index is 2.69. The van der Waals surface area contributed by atoms with Gasteiger partial charge in [-0.25, -0.2) is 4.79 Å². The van der Waals surface area contributed by atoms with Gasteiger partial charge in [-0.05, 0) is 24.3 Å². The first-order valence-electron chi connectivity index (χ1n) is 5.04. The Morgan fingerprint density at radius 2 is 1.74 bits per heavy atom. The first-order chi connectivity index (χ1) is 8.71. The first kappa shape index (κ1) is 14.7. The Morgan fingerprint density at radius 3 is 2.16 bits per heavy atom. The van der Waals surface area contributed by atoms with Crippen molar-refractivity contribution in [3.05, 3.63) is 47.5 Å². The number of ether oxygens (including phenoxy) is 1. The van der Waals surface area contributed by atoms with Crippen molar-refractivity contribution in [2.45, 2.75) is 6.18 Å². The van der Waals surface area contributed by atoms with Crippen LogP contribution in [-0.4, -0.2) is 18.5 Å². The van der Waals surface area contributed by atoms with Gasteiger partial charge in [-0.1, -0.05) is 6.58 Å². The third-order valence-corrected chi connectivity index (χ3v) is 2.17. The van der Waals surface area contributed by atoms with Crippen LogP contribution in [0.5, 0.6) is 0 Å². The number of benzene rings is 1. The summed E-state index contributed by atoms with van der Waals surface area (Å²) < 4.78 is 41.5. The predicted molar refractivity (Wildman–Crippen MR) is 60.1 cm³/mol. The number of amides is 1. The fraction of sp³-hybridized carbons (Fsp3) is 0.167. The van der Waals surface area contributed by atoms with E-state index in [4.69, 9.17) is 5.73 Å². The van der Waals surface area contributed by atoms with Crippen molar-refractivity contribution in [2.24, 2.45) is 5.73 Å². The molecule has 0 saturated carbocycles. The van der Waals surface area contributed by atoms with E-state index in [0.29, 0.717) is 0 Å². The van der Waals surface area contributed by atoms with Crippen LogP contribution in [0, 0.1) is 0 Å². The molecule has 1 aromatic rings. The summed E-state index contributed by atoms with van der Waals surface area (Å²) in [5, 5.41) is 0. The SMILES string of the molecule is C=C(COC(=O)c1ccc(C(F)(F)F)cc1)C(N)=O. The molecule has 0 heterocycles. The Labute approximate surface area is 106 Å². The van der Waals surface area contributed by atoms with Gasteiger partial charge in [-0.15, -0.1) is 0 Å². The quantitative estimate of drug-likeness (QED) is 0.673. The zero-order chi connectivity index (χ0) is 14.6. The molecule has 0 fully saturated rings. The Kier molecular flexibility index (Phi) is 4.31. The molecule has 0 atom stereocenters. The van der Waals surface area contributed by atoms with E-state index in [2.05, 4.69) is 11.3 Å². The standard InChI is InChI=1S/C12H10F3NO3/c1-7(10(16)17)6-19-11(18)8-2-4-9(5-3-8)12(13,14)15/h2-5H,1,6H2,(H2,16,17). The van der Waals surface area contributed by atoms with Crippen LogP contribution in [0.2, 0.25) is 0 Å². The summed E-state index contributed by atoms with van der Waals surface area (Å²) in [5.74, 6) is -1.68. The first-order valence-corrected chi connectivity index (χ1v) is 5.04. The van der Waals surface area contributed by atoms with Gasteiger partial charge in [0.25, 0.3) is 0 Å². The van der Waals surface area contributed by atoms with Crippen molar-refractivity contribution in [3.8, 4) is 0 Å². The molecule has 0 spiro atoms. The van der Waals surface area contributed by atoms with Crippen LogP contribution < -0.4 is 5.73 Å². The average molecular weight is 273 g/mol. The number of hydrogen-bond donors (Lipinski definition) is 1. The number of carbonyl (C=O) groups excluding carboxylic acids is 2. The molecule has 19 heavy (non-hydrogen) atoms. The molecule has 102 valence electrons. The van der Waals surface area contributed by atoms with E-state index < -0.39 is 30.2 Å². The molecule has 0 bridgehead atoms. The summed E-state index contributed by atoms with van der Waals surface area (Å²) in [6.45, 7) is 2.86. The lowest BCUT2D eigenvalue weighted by Gasteiger charge is -2.08. The molecule has 0 radical (unpaired) electrons. The largest absolute Gasteiger partial charge is 0.457 e. The summed E-state index contributed by atoms with van der Waals surface area (Å²) in [7, 11) is 0. The van der Waals surface area contributed by atoms with Crippen LogP contribution in [0.1, 0.15) is 15.9 Å². The minimum absolute atomic E-state index is 0.0646. The minimum atomic E-state index is -4.47. The lowest BCUT2D eigenvalue weighted by molar-refractivity contribution is -0.137. The summed E-state index contributed by atoms with van der Waals surface area (Å²) in [4.78, 5) is 22.0. The number of halogens is 3. The Bertz CT molecular complexity index is 506. The summed E-state index contributed by atoms with van der Waals surface area (Å²) in [5.41, 5.74) is 3.83. The highest BCUT2D eigenvalue weighted by molar-refractivity contribution is 5.93. The van der Waals surface area contributed by atoms with Crippen molar-refractivity contribution in [1.29, 1.82) is 0 Å². The number of hydrogen-bond acceptors (Lipinski definition) is 3. The van der Waals surface area contributed by atoms with Crippen LogP contribution >= 0.6 is 0 Å². The monoisotopic (exact) mass is 273 g/mol. The molecule has 7 heteroatoms. The highest BCUT2D eigenvalue weighted by Gasteiger charge is 2.30. The molecule has 0 unspecified atom stereocenters. The van der Waals surface area contributed by atoms with E-state index in [-0.39, 0.29) is 11.1 Å². The van der Waals surface area contributed by atoms with Gasteiger partial charge in [-0.2, -0.15) is 13.2 Å². The number of esters is 1. The van der Waals surface area contributed by atoms with E-state index in [1.54, 1.807) is 0 Å². The second-order valence-electron chi connectivity index (χ2n) is 3.62. The van der Waals surface area contributed by atoms with Crippen LogP contribution in [0.25, 0.3) is 0 Å². The molecule has 0 saturated heterocycles. The maximum atomic E-state index is 12.3.